The van der Waals surface area contributed by atoms with Crippen molar-refractivity contribution in [1.29, 1.82) is 0 Å². The van der Waals surface area contributed by atoms with E-state index in [0.717, 1.165) is 23.7 Å². The Hall–Kier alpha value is -1.84. The number of hydrogen-bond acceptors (Lipinski definition) is 2. The molecular weight excluding hydrogens is 192 g/mol. The van der Waals surface area contributed by atoms with Crippen LogP contribution in [0.25, 0.3) is 10.9 Å². The van der Waals surface area contributed by atoms with Crippen LogP contribution in [0.5, 0.6) is 0 Å². The number of hydrogen-bond donors (Lipinski definition) is 1. The van der Waals surface area contributed by atoms with E-state index in [2.05, 4.69) is 11.9 Å². The number of aryl methyl sites for hydroxylation is 1. The van der Waals surface area contributed by atoms with Crippen LogP contribution in [0.4, 0.5) is 5.69 Å². The smallest absolute Gasteiger partial charge is 0.271 e. The lowest BCUT2D eigenvalue weighted by molar-refractivity contribution is -0.384. The number of aromatic nitrogens is 1. The molecule has 0 unspecified atom stereocenters. The summed E-state index contributed by atoms with van der Waals surface area (Å²) in [5.41, 5.74) is 2.20. The van der Waals surface area contributed by atoms with Gasteiger partial charge < -0.3 is 4.98 Å². The van der Waals surface area contributed by atoms with E-state index in [-0.39, 0.29) is 10.6 Å². The van der Waals surface area contributed by atoms with Crippen LogP contribution in [0.2, 0.25) is 0 Å². The van der Waals surface area contributed by atoms with Crippen LogP contribution in [0, 0.1) is 10.1 Å². The van der Waals surface area contributed by atoms with Gasteiger partial charge in [0.2, 0.25) is 0 Å². The molecule has 1 aromatic carbocycles. The summed E-state index contributed by atoms with van der Waals surface area (Å²) >= 11 is 0. The third kappa shape index (κ3) is 1.70. The molecule has 78 valence electrons. The highest BCUT2D eigenvalue weighted by Gasteiger charge is 2.09. The molecule has 0 atom stereocenters. The van der Waals surface area contributed by atoms with E-state index in [0.29, 0.717) is 0 Å². The second-order valence-corrected chi connectivity index (χ2v) is 3.55. The van der Waals surface area contributed by atoms with Crippen LogP contribution in [-0.2, 0) is 6.42 Å². The maximum absolute atomic E-state index is 10.6. The van der Waals surface area contributed by atoms with E-state index in [9.17, 15) is 10.1 Å². The van der Waals surface area contributed by atoms with Crippen molar-refractivity contribution in [2.45, 2.75) is 19.8 Å². The lowest BCUT2D eigenvalue weighted by Crippen LogP contribution is -1.87. The topological polar surface area (TPSA) is 58.9 Å². The fourth-order valence-electron chi connectivity index (χ4n) is 1.76. The number of non-ortho nitro benzene ring substituents is 1. The first kappa shape index (κ1) is 9.71. The molecule has 0 fully saturated rings. The molecule has 0 saturated carbocycles. The van der Waals surface area contributed by atoms with Crippen LogP contribution in [-0.4, -0.2) is 9.91 Å². The molecule has 4 heteroatoms. The highest BCUT2D eigenvalue weighted by atomic mass is 16.6. The van der Waals surface area contributed by atoms with Crippen molar-refractivity contribution in [2.24, 2.45) is 0 Å². The lowest BCUT2D eigenvalue weighted by Gasteiger charge is -1.95. The Morgan fingerprint density at radius 2 is 2.27 bits per heavy atom. The number of aromatic amines is 1. The zero-order valence-electron chi connectivity index (χ0n) is 8.49. The van der Waals surface area contributed by atoms with Gasteiger partial charge in [0.15, 0.2) is 0 Å². The molecule has 0 amide bonds. The fourth-order valence-corrected chi connectivity index (χ4v) is 1.76. The van der Waals surface area contributed by atoms with Crippen molar-refractivity contribution < 1.29 is 4.92 Å². The van der Waals surface area contributed by atoms with Gasteiger partial charge in [0.25, 0.3) is 5.69 Å². The molecule has 1 heterocycles. The van der Waals surface area contributed by atoms with Crippen molar-refractivity contribution in [3.63, 3.8) is 0 Å². The number of nitro groups is 1. The van der Waals surface area contributed by atoms with E-state index >= 15 is 0 Å². The quantitative estimate of drug-likeness (QED) is 0.617. The lowest BCUT2D eigenvalue weighted by atomic mass is 10.1. The number of nitrogens with zero attached hydrogens (tertiary/aromatic N) is 1. The Bertz CT molecular complexity index is 502. The molecular formula is C11H12N2O2. The molecule has 4 nitrogen and oxygen atoms in total. The van der Waals surface area contributed by atoms with Gasteiger partial charge in [-0.05, 0) is 18.1 Å². The van der Waals surface area contributed by atoms with Gasteiger partial charge in [-0.2, -0.15) is 0 Å². The summed E-state index contributed by atoms with van der Waals surface area (Å²) < 4.78 is 0. The first-order valence-corrected chi connectivity index (χ1v) is 4.96. The van der Waals surface area contributed by atoms with E-state index < -0.39 is 0 Å². The molecule has 0 aliphatic heterocycles. The molecule has 0 bridgehead atoms. The Labute approximate surface area is 87.1 Å². The monoisotopic (exact) mass is 204 g/mol. The van der Waals surface area contributed by atoms with Crippen LogP contribution < -0.4 is 0 Å². The van der Waals surface area contributed by atoms with Crippen molar-refractivity contribution in [3.8, 4) is 0 Å². The molecule has 2 aromatic rings. The summed E-state index contributed by atoms with van der Waals surface area (Å²) in [6, 6.07) is 4.94. The van der Waals surface area contributed by atoms with Crippen LogP contribution in [0.3, 0.4) is 0 Å². The fraction of sp³-hybridized carbons (Fsp3) is 0.273. The highest BCUT2D eigenvalue weighted by molar-refractivity contribution is 5.85. The van der Waals surface area contributed by atoms with E-state index in [1.54, 1.807) is 12.1 Å². The Balaban J connectivity index is 2.51. The van der Waals surface area contributed by atoms with Gasteiger partial charge in [0, 0.05) is 23.7 Å². The summed E-state index contributed by atoms with van der Waals surface area (Å²) in [7, 11) is 0. The number of fused-ring (bicyclic) bond motifs is 1. The molecule has 2 rings (SSSR count). The van der Waals surface area contributed by atoms with Gasteiger partial charge in [-0.1, -0.05) is 13.3 Å². The minimum absolute atomic E-state index is 0.132. The maximum atomic E-state index is 10.6. The largest absolute Gasteiger partial charge is 0.361 e. The first-order chi connectivity index (χ1) is 7.22. The summed E-state index contributed by atoms with van der Waals surface area (Å²) in [4.78, 5) is 13.3. The standard InChI is InChI=1S/C11H12N2O2/c1-2-3-8-7-12-11-6-9(13(14)15)4-5-10(8)11/h4-7,12H,2-3H2,1H3. The molecule has 0 saturated heterocycles. The normalized spacial score (nSPS) is 10.7. The van der Waals surface area contributed by atoms with Gasteiger partial charge in [-0.25, -0.2) is 0 Å². The first-order valence-electron chi connectivity index (χ1n) is 4.96. The van der Waals surface area contributed by atoms with E-state index in [4.69, 9.17) is 0 Å². The number of nitrogens with one attached hydrogen (secondary N) is 1. The molecule has 1 aromatic heterocycles. The van der Waals surface area contributed by atoms with Gasteiger partial charge >= 0.3 is 0 Å². The SMILES string of the molecule is CCCc1c[nH]c2cc([N+](=O)[O-])ccc12. The predicted molar refractivity (Wildman–Crippen MR) is 58.9 cm³/mol. The maximum Gasteiger partial charge on any atom is 0.271 e. The Morgan fingerprint density at radius 1 is 1.47 bits per heavy atom. The third-order valence-electron chi connectivity index (χ3n) is 2.48. The van der Waals surface area contributed by atoms with Gasteiger partial charge in [-0.15, -0.1) is 0 Å². The van der Waals surface area contributed by atoms with Crippen LogP contribution >= 0.6 is 0 Å². The van der Waals surface area contributed by atoms with Gasteiger partial charge in [0.1, 0.15) is 0 Å². The van der Waals surface area contributed by atoms with Crippen molar-refractivity contribution in [1.82, 2.24) is 4.98 Å². The molecule has 0 aliphatic rings. The van der Waals surface area contributed by atoms with Crippen LogP contribution in [0.15, 0.2) is 24.4 Å². The minimum Gasteiger partial charge on any atom is -0.361 e. The van der Waals surface area contributed by atoms with Crippen molar-refractivity contribution in [2.75, 3.05) is 0 Å². The summed E-state index contributed by atoms with van der Waals surface area (Å²) in [6.07, 6.45) is 4.00. The summed E-state index contributed by atoms with van der Waals surface area (Å²) in [6.45, 7) is 2.12. The average molecular weight is 204 g/mol. The van der Waals surface area contributed by atoms with E-state index in [1.807, 2.05) is 12.3 Å². The molecule has 1 N–H and O–H groups in total. The van der Waals surface area contributed by atoms with Crippen molar-refractivity contribution in [3.05, 3.63) is 40.1 Å². The molecule has 0 radical (unpaired) electrons. The average Bonchev–Trinajstić information content (AvgIpc) is 2.61. The van der Waals surface area contributed by atoms with Gasteiger partial charge in [0.05, 0.1) is 10.4 Å². The van der Waals surface area contributed by atoms with Gasteiger partial charge in [-0.3, -0.25) is 10.1 Å². The van der Waals surface area contributed by atoms with Crippen LogP contribution in [0.1, 0.15) is 18.9 Å². The highest BCUT2D eigenvalue weighted by Crippen LogP contribution is 2.23. The third-order valence-corrected chi connectivity index (χ3v) is 2.48. The zero-order valence-corrected chi connectivity index (χ0v) is 8.49. The molecule has 0 spiro atoms. The second kappa shape index (κ2) is 3.73. The number of H-pyrrole nitrogens is 1. The zero-order chi connectivity index (χ0) is 10.8. The minimum atomic E-state index is -0.375. The summed E-state index contributed by atoms with van der Waals surface area (Å²) in [5, 5.41) is 11.7. The number of nitro benzene ring substituents is 1. The Kier molecular flexibility index (Phi) is 2.41. The Morgan fingerprint density at radius 3 is 2.93 bits per heavy atom. The summed E-state index contributed by atoms with van der Waals surface area (Å²) in [5.74, 6) is 0. The number of benzene rings is 1. The van der Waals surface area contributed by atoms with E-state index in [1.165, 1.54) is 5.56 Å². The molecule has 0 aliphatic carbocycles. The molecule has 15 heavy (non-hydrogen) atoms. The second-order valence-electron chi connectivity index (χ2n) is 3.55. The van der Waals surface area contributed by atoms with Crippen molar-refractivity contribution >= 4 is 16.6 Å². The number of rotatable bonds is 3. The predicted octanol–water partition coefficient (Wildman–Crippen LogP) is 3.03.